The molecule has 2 fully saturated rings. The fourth-order valence-electron chi connectivity index (χ4n) is 8.11. The van der Waals surface area contributed by atoms with Gasteiger partial charge in [-0.3, -0.25) is 4.79 Å². The molecule has 4 rings (SSSR count). The Bertz CT molecular complexity index is 1240. The molecule has 0 radical (unpaired) electrons. The van der Waals surface area contributed by atoms with Crippen LogP contribution in [0.3, 0.4) is 0 Å². The first kappa shape index (κ1) is 40.7. The van der Waals surface area contributed by atoms with E-state index in [0.29, 0.717) is 24.5 Å². The molecule has 2 bridgehead atoms. The zero-order valence-corrected chi connectivity index (χ0v) is 31.9. The highest BCUT2D eigenvalue weighted by Crippen LogP contribution is 2.44. The predicted molar refractivity (Wildman–Crippen MR) is 183 cm³/mol. The molecule has 0 saturated carbocycles. The minimum atomic E-state index is -1.85. The lowest BCUT2D eigenvalue weighted by Crippen LogP contribution is -2.59. The van der Waals surface area contributed by atoms with Crippen molar-refractivity contribution < 1.29 is 58.4 Å². The molecule has 14 nitrogen and oxygen atoms in total. The van der Waals surface area contributed by atoms with Gasteiger partial charge in [-0.2, -0.15) is 0 Å². The third kappa shape index (κ3) is 8.27. The van der Waals surface area contributed by atoms with Crippen molar-refractivity contribution in [1.82, 2.24) is 4.90 Å². The zero-order chi connectivity index (χ0) is 37.5. The molecule has 4 N–H and O–H groups in total. The molecule has 14 heteroatoms. The SMILES string of the molecule is CC[C@@H]1OC(=O)[C@H](C)[C@H](OC2CC(OC)=C(O)C(C)O2)[C@@H](C)[C@@H](OC2OC(C)CC(N(C)C)C2O)[C@]2(C)CC(C)C(=N[C@@H](C)[C@H](O)[C@]1(C)O)O2. The lowest BCUT2D eigenvalue weighted by molar-refractivity contribution is -0.302. The van der Waals surface area contributed by atoms with E-state index >= 15 is 0 Å². The number of carbonyl (C=O) groups excluding carboxylic acids is 1. The smallest absolute Gasteiger partial charge is 0.311 e. The van der Waals surface area contributed by atoms with E-state index in [-0.39, 0.29) is 36.7 Å². The first-order valence-electron chi connectivity index (χ1n) is 18.0. The summed E-state index contributed by atoms with van der Waals surface area (Å²) >= 11 is 0. The van der Waals surface area contributed by atoms with Crippen LogP contribution in [0.1, 0.15) is 88.0 Å². The molecule has 2 saturated heterocycles. The van der Waals surface area contributed by atoms with Gasteiger partial charge < -0.3 is 58.5 Å². The van der Waals surface area contributed by atoms with Gasteiger partial charge in [-0.05, 0) is 68.5 Å². The van der Waals surface area contributed by atoms with E-state index in [1.807, 2.05) is 46.7 Å². The first-order chi connectivity index (χ1) is 23.2. The Hall–Kier alpha value is -2.04. The quantitative estimate of drug-likeness (QED) is 0.283. The van der Waals surface area contributed by atoms with Gasteiger partial charge in [-0.15, -0.1) is 0 Å². The molecule has 4 aliphatic rings. The van der Waals surface area contributed by atoms with E-state index in [4.69, 9.17) is 38.2 Å². The van der Waals surface area contributed by atoms with Gasteiger partial charge in [-0.25, -0.2) is 4.99 Å². The Morgan fingerprint density at radius 2 is 1.70 bits per heavy atom. The van der Waals surface area contributed by atoms with Gasteiger partial charge in [0.2, 0.25) is 0 Å². The number of hydrogen-bond acceptors (Lipinski definition) is 14. The molecule has 0 spiro atoms. The first-order valence-corrected chi connectivity index (χ1v) is 18.0. The minimum absolute atomic E-state index is 0.0402. The summed E-state index contributed by atoms with van der Waals surface area (Å²) in [5.41, 5.74) is -2.91. The van der Waals surface area contributed by atoms with Crippen LogP contribution < -0.4 is 0 Å². The van der Waals surface area contributed by atoms with Crippen molar-refractivity contribution in [2.75, 3.05) is 21.2 Å². The van der Waals surface area contributed by atoms with Crippen molar-refractivity contribution in [3.8, 4) is 0 Å². The molecule has 0 aliphatic carbocycles. The maximum Gasteiger partial charge on any atom is 0.311 e. The highest BCUT2D eigenvalue weighted by molar-refractivity contribution is 5.81. The monoisotopic (exact) mass is 714 g/mol. The lowest BCUT2D eigenvalue weighted by atomic mass is 9.79. The molecule has 4 aliphatic heterocycles. The number of esters is 1. The molecule has 288 valence electrons. The number of carbonyl (C=O) groups is 1. The summed E-state index contributed by atoms with van der Waals surface area (Å²) in [5, 5.41) is 45.1. The summed E-state index contributed by atoms with van der Waals surface area (Å²) in [4.78, 5) is 20.8. The predicted octanol–water partition coefficient (Wildman–Crippen LogP) is 3.06. The molecule has 0 amide bonds. The number of nitrogens with zero attached hydrogens (tertiary/aromatic N) is 2. The number of ether oxygens (including phenoxy) is 7. The Morgan fingerprint density at radius 3 is 2.30 bits per heavy atom. The molecule has 50 heavy (non-hydrogen) atoms. The highest BCUT2D eigenvalue weighted by atomic mass is 16.7. The van der Waals surface area contributed by atoms with Crippen LogP contribution in [0.5, 0.6) is 0 Å². The van der Waals surface area contributed by atoms with Crippen LogP contribution >= 0.6 is 0 Å². The summed E-state index contributed by atoms with van der Waals surface area (Å²) in [6.07, 6.45) is -6.83. The Morgan fingerprint density at radius 1 is 1.04 bits per heavy atom. The number of cyclic esters (lactones) is 1. The van der Waals surface area contributed by atoms with Crippen LogP contribution in [0.4, 0.5) is 0 Å². The van der Waals surface area contributed by atoms with Crippen LogP contribution in [-0.4, -0.2) is 137 Å². The average Bonchev–Trinajstić information content (AvgIpc) is 3.34. The van der Waals surface area contributed by atoms with Crippen LogP contribution in [0.25, 0.3) is 0 Å². The van der Waals surface area contributed by atoms with Gasteiger partial charge in [0.05, 0.1) is 37.7 Å². The number of methoxy groups -OCH3 is 1. The van der Waals surface area contributed by atoms with Gasteiger partial charge in [0.25, 0.3) is 0 Å². The van der Waals surface area contributed by atoms with Crippen molar-refractivity contribution in [3.63, 3.8) is 0 Å². The Labute approximate surface area is 297 Å². The average molecular weight is 715 g/mol. The fraction of sp³-hybridized carbons (Fsp3) is 0.889. The molecule has 0 aromatic carbocycles. The number of hydrogen-bond donors (Lipinski definition) is 4. The van der Waals surface area contributed by atoms with Crippen LogP contribution in [-0.2, 0) is 38.0 Å². The molecule has 4 heterocycles. The van der Waals surface area contributed by atoms with E-state index in [9.17, 15) is 25.2 Å². The maximum absolute atomic E-state index is 14.1. The largest absolute Gasteiger partial charge is 0.506 e. The second-order valence-electron chi connectivity index (χ2n) is 15.5. The Kier molecular flexibility index (Phi) is 13.0. The molecule has 0 aromatic rings. The number of fused-ring (bicyclic) bond motifs is 2. The highest BCUT2D eigenvalue weighted by Gasteiger charge is 2.55. The molecular formula is C36H62N2O12. The standard InChI is InChI=1S/C36H62N2O12/c1-13-25-36(9,43)30(41)21(6)37-32-17(2)16-35(8,50-32)31(49-34-28(40)23(38(10)11)14-18(3)45-34)19(4)29(20(5)33(42)47-25)48-26-15-24(44-12)27(39)22(7)46-26/h17-23,25-26,28-31,34,39-41,43H,13-16H2,1-12H3/t17?,18?,19-,20-,21+,22?,23?,25+,26?,28?,29-,30+,31-,34?,35+,36-/m1/s1. The summed E-state index contributed by atoms with van der Waals surface area (Å²) in [6.45, 7) is 15.9. The minimum Gasteiger partial charge on any atom is -0.506 e. The summed E-state index contributed by atoms with van der Waals surface area (Å²) in [5.74, 6) is -1.79. The van der Waals surface area contributed by atoms with Crippen molar-refractivity contribution >= 4 is 11.9 Å². The normalized spacial score (nSPS) is 46.6. The summed E-state index contributed by atoms with van der Waals surface area (Å²) < 4.78 is 43.9. The van der Waals surface area contributed by atoms with Crippen molar-refractivity contribution in [1.29, 1.82) is 0 Å². The third-order valence-corrected chi connectivity index (χ3v) is 11.1. The second kappa shape index (κ2) is 15.9. The van der Waals surface area contributed by atoms with E-state index in [1.54, 1.807) is 27.7 Å². The van der Waals surface area contributed by atoms with Crippen molar-refractivity contribution in [2.24, 2.45) is 22.7 Å². The number of aliphatic hydroxyl groups excluding tert-OH is 3. The van der Waals surface area contributed by atoms with E-state index in [0.717, 1.165) is 0 Å². The van der Waals surface area contributed by atoms with Gasteiger partial charge in [0, 0.05) is 24.3 Å². The van der Waals surface area contributed by atoms with E-state index in [2.05, 4.69) is 0 Å². The summed E-state index contributed by atoms with van der Waals surface area (Å²) in [7, 11) is 5.26. The van der Waals surface area contributed by atoms with Crippen molar-refractivity contribution in [3.05, 3.63) is 11.5 Å². The van der Waals surface area contributed by atoms with Crippen molar-refractivity contribution in [2.45, 2.75) is 167 Å². The van der Waals surface area contributed by atoms with E-state index in [1.165, 1.54) is 14.0 Å². The molecule has 0 aromatic heterocycles. The van der Waals surface area contributed by atoms with Gasteiger partial charge in [0.15, 0.2) is 24.2 Å². The second-order valence-corrected chi connectivity index (χ2v) is 15.5. The Balaban J connectivity index is 1.84. The van der Waals surface area contributed by atoms with Crippen LogP contribution in [0, 0.1) is 17.8 Å². The summed E-state index contributed by atoms with van der Waals surface area (Å²) in [6, 6.07) is -1.04. The maximum atomic E-state index is 14.1. The third-order valence-electron chi connectivity index (χ3n) is 11.1. The van der Waals surface area contributed by atoms with Crippen LogP contribution in [0.2, 0.25) is 0 Å². The van der Waals surface area contributed by atoms with E-state index < -0.39 is 84.3 Å². The lowest BCUT2D eigenvalue weighted by Gasteiger charge is -2.47. The topological polar surface area (TPSA) is 178 Å². The molecule has 7 unspecified atom stereocenters. The number of aliphatic imine (C=N–C) groups is 1. The number of likely N-dealkylation sites (N-methyl/N-ethyl adjacent to an activating group) is 1. The van der Waals surface area contributed by atoms with Gasteiger partial charge >= 0.3 is 5.97 Å². The molecule has 16 atom stereocenters. The zero-order valence-electron chi connectivity index (χ0n) is 31.9. The number of aliphatic hydroxyl groups is 4. The van der Waals surface area contributed by atoms with Gasteiger partial charge in [-0.1, -0.05) is 20.8 Å². The fourth-order valence-corrected chi connectivity index (χ4v) is 8.11. The van der Waals surface area contributed by atoms with Crippen LogP contribution in [0.15, 0.2) is 16.5 Å². The molecular weight excluding hydrogens is 652 g/mol. The number of rotatable bonds is 7. The van der Waals surface area contributed by atoms with Gasteiger partial charge in [0.1, 0.15) is 47.5 Å².